The van der Waals surface area contributed by atoms with Gasteiger partial charge in [-0.3, -0.25) is 13.9 Å². The number of hydrogen-bond acceptors (Lipinski definition) is 5. The second kappa shape index (κ2) is 16.3. The highest BCUT2D eigenvalue weighted by molar-refractivity contribution is 7.92. The first-order valence-electron chi connectivity index (χ1n) is 16.0. The van der Waals surface area contributed by atoms with Crippen molar-refractivity contribution in [3.8, 4) is 5.75 Å². The Morgan fingerprint density at radius 2 is 1.38 bits per heavy atom. The Kier molecular flexibility index (Phi) is 12.2. The molecule has 0 saturated heterocycles. The Labute approximate surface area is 279 Å². The van der Waals surface area contributed by atoms with Gasteiger partial charge < -0.3 is 15.0 Å². The predicted molar refractivity (Wildman–Crippen MR) is 187 cm³/mol. The van der Waals surface area contributed by atoms with Crippen LogP contribution >= 0.6 is 0 Å². The van der Waals surface area contributed by atoms with E-state index in [1.807, 2.05) is 101 Å². The summed E-state index contributed by atoms with van der Waals surface area (Å²) in [5.74, 6) is -0.0423. The molecule has 1 N–H and O–H groups in total. The van der Waals surface area contributed by atoms with E-state index in [4.69, 9.17) is 4.74 Å². The van der Waals surface area contributed by atoms with Gasteiger partial charge in [-0.25, -0.2) is 8.42 Å². The zero-order valence-electron chi connectivity index (χ0n) is 27.8. The number of carbonyl (C=O) groups is 2. The van der Waals surface area contributed by atoms with Crippen LogP contribution in [0, 0.1) is 19.8 Å². The van der Waals surface area contributed by atoms with E-state index in [-0.39, 0.29) is 29.7 Å². The highest BCUT2D eigenvalue weighted by Gasteiger charge is 2.34. The van der Waals surface area contributed by atoms with Crippen LogP contribution in [0.5, 0.6) is 5.75 Å². The summed E-state index contributed by atoms with van der Waals surface area (Å²) in [4.78, 5) is 30.0. The third kappa shape index (κ3) is 9.68. The average Bonchev–Trinajstić information content (AvgIpc) is 3.06. The highest BCUT2D eigenvalue weighted by Crippen LogP contribution is 2.27. The molecule has 2 amide bonds. The van der Waals surface area contributed by atoms with Crippen molar-refractivity contribution in [2.45, 2.75) is 58.5 Å². The summed E-state index contributed by atoms with van der Waals surface area (Å²) >= 11 is 0. The molecule has 0 aliphatic heterocycles. The first-order chi connectivity index (χ1) is 22.5. The lowest BCUT2D eigenvalue weighted by Gasteiger charge is -2.34. The number of anilines is 1. The molecule has 0 spiro atoms. The summed E-state index contributed by atoms with van der Waals surface area (Å²) < 4.78 is 35.1. The van der Waals surface area contributed by atoms with Crippen molar-refractivity contribution >= 4 is 27.5 Å². The first-order valence-corrected chi connectivity index (χ1v) is 17.4. The molecule has 1 atom stereocenters. The molecule has 248 valence electrons. The van der Waals surface area contributed by atoms with Gasteiger partial charge in [0.15, 0.2) is 0 Å². The van der Waals surface area contributed by atoms with E-state index in [1.165, 1.54) is 17.0 Å². The third-order valence-electron chi connectivity index (χ3n) is 7.75. The molecule has 0 fully saturated rings. The normalized spacial score (nSPS) is 12.0. The molecule has 0 aliphatic rings. The van der Waals surface area contributed by atoms with Crippen LogP contribution in [-0.4, -0.2) is 50.9 Å². The quantitative estimate of drug-likeness (QED) is 0.162. The predicted octanol–water partition coefficient (Wildman–Crippen LogP) is 6.31. The fraction of sp³-hybridized carbons (Fsp3) is 0.316. The molecule has 47 heavy (non-hydrogen) atoms. The number of amides is 2. The van der Waals surface area contributed by atoms with Gasteiger partial charge >= 0.3 is 0 Å². The SMILES string of the molecule is CCOc1ccc(S(=O)(=O)N(CC(=O)N(Cc2ccc(C)cc2)[C@H](Cc2ccccc2)C(=O)NCC(C)C)c2ccc(C)cc2)cc1. The van der Waals surface area contributed by atoms with Crippen LogP contribution in [0.15, 0.2) is 108 Å². The molecule has 0 aliphatic carbocycles. The number of ether oxygens (including phenoxy) is 1. The van der Waals surface area contributed by atoms with Crippen molar-refractivity contribution in [3.63, 3.8) is 0 Å². The van der Waals surface area contributed by atoms with Crippen LogP contribution in [0.3, 0.4) is 0 Å². The molecule has 4 rings (SSSR count). The fourth-order valence-corrected chi connectivity index (χ4v) is 6.52. The van der Waals surface area contributed by atoms with Gasteiger partial charge in [0.1, 0.15) is 18.3 Å². The van der Waals surface area contributed by atoms with E-state index in [9.17, 15) is 18.0 Å². The smallest absolute Gasteiger partial charge is 0.264 e. The molecule has 9 heteroatoms. The second-order valence-corrected chi connectivity index (χ2v) is 14.0. The van der Waals surface area contributed by atoms with E-state index in [2.05, 4.69) is 5.32 Å². The van der Waals surface area contributed by atoms with E-state index in [0.717, 1.165) is 26.6 Å². The van der Waals surface area contributed by atoms with E-state index in [0.29, 0.717) is 24.6 Å². The largest absolute Gasteiger partial charge is 0.494 e. The van der Waals surface area contributed by atoms with E-state index < -0.39 is 28.5 Å². The molecule has 0 unspecified atom stereocenters. The standard InChI is InChI=1S/C38H45N3O5S/c1-6-46-34-20-22-35(23-21-34)47(44,45)41(33-18-14-30(5)15-19-33)27-37(42)40(26-32-16-12-29(4)13-17-32)36(38(43)39-25-28(2)3)24-31-10-8-7-9-11-31/h7-23,28,36H,6,24-27H2,1-5H3,(H,39,43)/t36-/m1/s1. The minimum atomic E-state index is -4.20. The number of benzene rings is 4. The molecular formula is C38H45N3O5S. The Balaban J connectivity index is 1.78. The number of nitrogens with one attached hydrogen (secondary N) is 1. The van der Waals surface area contributed by atoms with Gasteiger partial charge in [0.25, 0.3) is 10.0 Å². The van der Waals surface area contributed by atoms with Crippen LogP contribution in [-0.2, 0) is 32.6 Å². The number of nitrogens with zero attached hydrogens (tertiary/aromatic N) is 2. The average molecular weight is 656 g/mol. The summed E-state index contributed by atoms with van der Waals surface area (Å²) in [5, 5.41) is 3.02. The minimum absolute atomic E-state index is 0.0231. The van der Waals surface area contributed by atoms with Crippen LogP contribution in [0.4, 0.5) is 5.69 Å². The Morgan fingerprint density at radius 3 is 1.96 bits per heavy atom. The Morgan fingerprint density at radius 1 is 0.787 bits per heavy atom. The topological polar surface area (TPSA) is 96.0 Å². The lowest BCUT2D eigenvalue weighted by Crippen LogP contribution is -2.53. The van der Waals surface area contributed by atoms with Gasteiger partial charge in [0.05, 0.1) is 17.2 Å². The number of sulfonamides is 1. The number of aryl methyl sites for hydroxylation is 2. The summed E-state index contributed by atoms with van der Waals surface area (Å²) in [6.07, 6.45) is 0.262. The fourth-order valence-electron chi connectivity index (χ4n) is 5.11. The molecule has 0 radical (unpaired) electrons. The molecular weight excluding hydrogens is 611 g/mol. The van der Waals surface area contributed by atoms with Crippen molar-refractivity contribution in [1.29, 1.82) is 0 Å². The van der Waals surface area contributed by atoms with Crippen molar-refractivity contribution < 1.29 is 22.7 Å². The van der Waals surface area contributed by atoms with Gasteiger partial charge in [-0.15, -0.1) is 0 Å². The van der Waals surface area contributed by atoms with E-state index in [1.54, 1.807) is 24.3 Å². The van der Waals surface area contributed by atoms with Crippen LogP contribution in [0.25, 0.3) is 0 Å². The molecule has 8 nitrogen and oxygen atoms in total. The molecule has 0 saturated carbocycles. The molecule has 0 aromatic heterocycles. The van der Waals surface area contributed by atoms with Crippen molar-refractivity contribution in [2.75, 3.05) is 24.0 Å². The molecule has 4 aromatic rings. The summed E-state index contributed by atoms with van der Waals surface area (Å²) in [6, 6.07) is 29.6. The van der Waals surface area contributed by atoms with Gasteiger partial charge in [0.2, 0.25) is 11.8 Å². The maximum Gasteiger partial charge on any atom is 0.264 e. The summed E-state index contributed by atoms with van der Waals surface area (Å²) in [5.41, 5.74) is 4.07. The van der Waals surface area contributed by atoms with Gasteiger partial charge in [-0.2, -0.15) is 0 Å². The maximum atomic E-state index is 14.6. The van der Waals surface area contributed by atoms with Gasteiger partial charge in [-0.1, -0.05) is 91.7 Å². The Bertz CT molecular complexity index is 1710. The number of rotatable bonds is 15. The maximum absolute atomic E-state index is 14.6. The van der Waals surface area contributed by atoms with Crippen molar-refractivity contribution in [2.24, 2.45) is 5.92 Å². The highest BCUT2D eigenvalue weighted by atomic mass is 32.2. The molecule has 0 heterocycles. The third-order valence-corrected chi connectivity index (χ3v) is 9.54. The minimum Gasteiger partial charge on any atom is -0.494 e. The van der Waals surface area contributed by atoms with Crippen molar-refractivity contribution in [1.82, 2.24) is 10.2 Å². The lowest BCUT2D eigenvalue weighted by molar-refractivity contribution is -0.140. The monoisotopic (exact) mass is 655 g/mol. The summed E-state index contributed by atoms with van der Waals surface area (Å²) in [6.45, 7) is 10.3. The second-order valence-electron chi connectivity index (χ2n) is 12.1. The number of hydrogen-bond donors (Lipinski definition) is 1. The van der Waals surface area contributed by atoms with Gasteiger partial charge in [-0.05, 0) is 74.2 Å². The molecule has 0 bridgehead atoms. The Hall–Kier alpha value is -4.63. The zero-order chi connectivity index (χ0) is 34.0. The van der Waals surface area contributed by atoms with Crippen LogP contribution in [0.1, 0.15) is 43.0 Å². The summed E-state index contributed by atoms with van der Waals surface area (Å²) in [7, 11) is -4.20. The molecule has 4 aromatic carbocycles. The van der Waals surface area contributed by atoms with Gasteiger partial charge in [0, 0.05) is 19.5 Å². The van der Waals surface area contributed by atoms with E-state index >= 15 is 0 Å². The van der Waals surface area contributed by atoms with Crippen LogP contribution in [0.2, 0.25) is 0 Å². The first kappa shape index (κ1) is 35.2. The number of carbonyl (C=O) groups excluding carboxylic acids is 2. The lowest BCUT2D eigenvalue weighted by atomic mass is 10.0. The van der Waals surface area contributed by atoms with Crippen LogP contribution < -0.4 is 14.4 Å². The van der Waals surface area contributed by atoms with Crippen molar-refractivity contribution in [3.05, 3.63) is 125 Å². The zero-order valence-corrected chi connectivity index (χ0v) is 28.7.